The number of halogens is 2. The minimum atomic E-state index is -1.45. The van der Waals surface area contributed by atoms with Crippen LogP contribution in [0.3, 0.4) is 0 Å². The fourth-order valence-electron chi connectivity index (χ4n) is 1.28. The van der Waals surface area contributed by atoms with Crippen LogP contribution in [0.2, 0.25) is 10.0 Å². The molecule has 16 heavy (non-hydrogen) atoms. The van der Waals surface area contributed by atoms with Gasteiger partial charge in [0, 0.05) is 15.6 Å². The van der Waals surface area contributed by atoms with Crippen LogP contribution in [0.1, 0.15) is 18.1 Å². The number of rotatable bonds is 4. The average Bonchev–Trinajstić information content (AvgIpc) is 2.16. The van der Waals surface area contributed by atoms with Crippen LogP contribution in [-0.2, 0) is 4.79 Å². The summed E-state index contributed by atoms with van der Waals surface area (Å²) in [6, 6.07) is 4.59. The highest BCUT2D eigenvalue weighted by molar-refractivity contribution is 6.36. The van der Waals surface area contributed by atoms with Crippen molar-refractivity contribution in [3.63, 3.8) is 0 Å². The highest BCUT2D eigenvalue weighted by atomic mass is 35.5. The van der Waals surface area contributed by atoms with Gasteiger partial charge in [-0.25, -0.2) is 0 Å². The number of benzene rings is 1. The molecule has 1 rings (SSSR count). The summed E-state index contributed by atoms with van der Waals surface area (Å²) in [7, 11) is 0. The first-order valence-corrected chi connectivity index (χ1v) is 5.21. The van der Waals surface area contributed by atoms with E-state index < -0.39 is 24.6 Å². The summed E-state index contributed by atoms with van der Waals surface area (Å²) in [4.78, 5) is 10.4. The maximum Gasteiger partial charge on any atom is 0.306 e. The lowest BCUT2D eigenvalue weighted by Crippen LogP contribution is -2.22. The second-order valence-electron chi connectivity index (χ2n) is 3.25. The van der Waals surface area contributed by atoms with Gasteiger partial charge in [0.25, 0.3) is 0 Å². The SMILES string of the molecule is O=C(O)CC(O)C(O)c1c(Cl)cccc1Cl. The second kappa shape index (κ2) is 5.50. The Bertz CT molecular complexity index is 374. The number of aliphatic carboxylic acids is 1. The van der Waals surface area contributed by atoms with E-state index in [1.807, 2.05) is 0 Å². The number of aliphatic hydroxyl groups excluding tert-OH is 2. The minimum absolute atomic E-state index is 0.139. The number of hydrogen-bond acceptors (Lipinski definition) is 3. The Kier molecular flexibility index (Phi) is 4.56. The van der Waals surface area contributed by atoms with Crippen molar-refractivity contribution < 1.29 is 20.1 Å². The maximum atomic E-state index is 10.4. The van der Waals surface area contributed by atoms with Gasteiger partial charge >= 0.3 is 5.97 Å². The lowest BCUT2D eigenvalue weighted by atomic mass is 10.0. The molecule has 0 saturated heterocycles. The van der Waals surface area contributed by atoms with Gasteiger partial charge in [0.1, 0.15) is 6.10 Å². The monoisotopic (exact) mass is 264 g/mol. The molecule has 0 saturated carbocycles. The molecule has 0 aliphatic rings. The van der Waals surface area contributed by atoms with Crippen LogP contribution < -0.4 is 0 Å². The Hall–Kier alpha value is -0.810. The van der Waals surface area contributed by atoms with Gasteiger partial charge in [0.05, 0.1) is 12.5 Å². The average molecular weight is 265 g/mol. The molecular formula is C10H10Cl2O4. The Balaban J connectivity index is 2.95. The first-order chi connectivity index (χ1) is 7.43. The molecule has 0 heterocycles. The summed E-state index contributed by atoms with van der Waals surface area (Å²) in [6.07, 6.45) is -3.45. The molecule has 88 valence electrons. The predicted molar refractivity (Wildman–Crippen MR) is 59.7 cm³/mol. The summed E-state index contributed by atoms with van der Waals surface area (Å²) in [6.45, 7) is 0. The molecule has 2 atom stereocenters. The van der Waals surface area contributed by atoms with Crippen molar-refractivity contribution in [3.05, 3.63) is 33.8 Å². The first-order valence-electron chi connectivity index (χ1n) is 4.45. The van der Waals surface area contributed by atoms with E-state index in [0.29, 0.717) is 0 Å². The fraction of sp³-hybridized carbons (Fsp3) is 0.300. The molecule has 0 aliphatic heterocycles. The summed E-state index contributed by atoms with van der Waals surface area (Å²) in [5.41, 5.74) is 0.139. The number of carboxylic acids is 1. The molecule has 0 fully saturated rings. The van der Waals surface area contributed by atoms with E-state index in [1.54, 1.807) is 6.07 Å². The lowest BCUT2D eigenvalue weighted by molar-refractivity contribution is -0.141. The molecule has 0 aliphatic carbocycles. The molecule has 0 aromatic heterocycles. The fourth-order valence-corrected chi connectivity index (χ4v) is 1.90. The van der Waals surface area contributed by atoms with Gasteiger partial charge < -0.3 is 15.3 Å². The van der Waals surface area contributed by atoms with Crippen LogP contribution in [0.4, 0.5) is 0 Å². The zero-order valence-corrected chi connectivity index (χ0v) is 9.61. The van der Waals surface area contributed by atoms with Gasteiger partial charge in [-0.2, -0.15) is 0 Å². The van der Waals surface area contributed by atoms with Crippen molar-refractivity contribution in [3.8, 4) is 0 Å². The molecule has 3 N–H and O–H groups in total. The van der Waals surface area contributed by atoms with Crippen LogP contribution in [0.15, 0.2) is 18.2 Å². The first kappa shape index (κ1) is 13.3. The topological polar surface area (TPSA) is 77.8 Å². The second-order valence-corrected chi connectivity index (χ2v) is 4.06. The van der Waals surface area contributed by atoms with Gasteiger partial charge in [-0.3, -0.25) is 4.79 Å². The van der Waals surface area contributed by atoms with E-state index in [0.717, 1.165) is 0 Å². The highest BCUT2D eigenvalue weighted by Gasteiger charge is 2.25. The van der Waals surface area contributed by atoms with Crippen LogP contribution in [-0.4, -0.2) is 27.4 Å². The summed E-state index contributed by atoms with van der Waals surface area (Å²) >= 11 is 11.6. The molecule has 4 nitrogen and oxygen atoms in total. The maximum absolute atomic E-state index is 10.4. The third-order valence-corrected chi connectivity index (χ3v) is 2.70. The highest BCUT2D eigenvalue weighted by Crippen LogP contribution is 2.32. The van der Waals surface area contributed by atoms with Gasteiger partial charge in [-0.05, 0) is 12.1 Å². The van der Waals surface area contributed by atoms with Crippen molar-refractivity contribution in [1.29, 1.82) is 0 Å². The van der Waals surface area contributed by atoms with Crippen molar-refractivity contribution in [1.82, 2.24) is 0 Å². The molecule has 0 amide bonds. The van der Waals surface area contributed by atoms with Crippen LogP contribution in [0, 0.1) is 0 Å². The van der Waals surface area contributed by atoms with E-state index in [9.17, 15) is 15.0 Å². The van der Waals surface area contributed by atoms with E-state index in [1.165, 1.54) is 12.1 Å². The summed E-state index contributed by atoms with van der Waals surface area (Å²) < 4.78 is 0. The summed E-state index contributed by atoms with van der Waals surface area (Å²) in [5, 5.41) is 28.0. The van der Waals surface area contributed by atoms with E-state index >= 15 is 0 Å². The van der Waals surface area contributed by atoms with Crippen molar-refractivity contribution in [2.45, 2.75) is 18.6 Å². The quantitative estimate of drug-likeness (QED) is 0.776. The standard InChI is InChI=1S/C10H10Cl2O4/c11-5-2-1-3-6(12)9(5)10(16)7(13)4-8(14)15/h1-3,7,10,13,16H,4H2,(H,14,15). The van der Waals surface area contributed by atoms with Crippen molar-refractivity contribution in [2.24, 2.45) is 0 Å². The lowest BCUT2D eigenvalue weighted by Gasteiger charge is -2.18. The Morgan fingerprint density at radius 2 is 1.75 bits per heavy atom. The van der Waals surface area contributed by atoms with Gasteiger partial charge in [0.2, 0.25) is 0 Å². The molecule has 2 unspecified atom stereocenters. The van der Waals surface area contributed by atoms with Crippen molar-refractivity contribution in [2.75, 3.05) is 0 Å². The minimum Gasteiger partial charge on any atom is -0.481 e. The van der Waals surface area contributed by atoms with Crippen LogP contribution in [0.25, 0.3) is 0 Å². The molecule has 6 heteroatoms. The largest absolute Gasteiger partial charge is 0.481 e. The Labute approximate surface area is 102 Å². The smallest absolute Gasteiger partial charge is 0.306 e. The molecule has 1 aromatic carbocycles. The Morgan fingerprint density at radius 1 is 1.25 bits per heavy atom. The zero-order valence-electron chi connectivity index (χ0n) is 8.10. The number of carboxylic acid groups (broad SMARTS) is 1. The van der Waals surface area contributed by atoms with E-state index in [-0.39, 0.29) is 15.6 Å². The molecule has 1 aromatic rings. The van der Waals surface area contributed by atoms with Crippen molar-refractivity contribution >= 4 is 29.2 Å². The van der Waals surface area contributed by atoms with Crippen LogP contribution in [0.5, 0.6) is 0 Å². The van der Waals surface area contributed by atoms with Crippen LogP contribution >= 0.6 is 23.2 Å². The number of hydrogen-bond donors (Lipinski definition) is 3. The Morgan fingerprint density at radius 3 is 2.19 bits per heavy atom. The molecule has 0 radical (unpaired) electrons. The van der Waals surface area contributed by atoms with Gasteiger partial charge in [-0.15, -0.1) is 0 Å². The summed E-state index contributed by atoms with van der Waals surface area (Å²) in [5.74, 6) is -1.21. The van der Waals surface area contributed by atoms with Gasteiger partial charge in [-0.1, -0.05) is 29.3 Å². The van der Waals surface area contributed by atoms with E-state index in [4.69, 9.17) is 28.3 Å². The number of aliphatic hydroxyl groups is 2. The zero-order chi connectivity index (χ0) is 12.3. The predicted octanol–water partition coefficient (Wildman–Crippen LogP) is 1.86. The molecule has 0 bridgehead atoms. The third-order valence-electron chi connectivity index (χ3n) is 2.04. The normalized spacial score (nSPS) is 14.5. The van der Waals surface area contributed by atoms with E-state index in [2.05, 4.69) is 0 Å². The number of carbonyl (C=O) groups is 1. The molecular weight excluding hydrogens is 255 g/mol. The third kappa shape index (κ3) is 3.09. The van der Waals surface area contributed by atoms with Gasteiger partial charge in [0.15, 0.2) is 0 Å². The molecule has 0 spiro atoms.